The molecule has 0 aliphatic heterocycles. The second-order valence-corrected chi connectivity index (χ2v) is 5.31. The molecule has 0 saturated heterocycles. The van der Waals surface area contributed by atoms with Crippen molar-refractivity contribution in [2.45, 2.75) is 77.5 Å². The van der Waals surface area contributed by atoms with Crippen LogP contribution in [-0.4, -0.2) is 29.3 Å². The summed E-state index contributed by atoms with van der Waals surface area (Å²) in [5.41, 5.74) is 0. The Bertz CT molecular complexity index is 184. The lowest BCUT2D eigenvalue weighted by Crippen LogP contribution is -2.45. The summed E-state index contributed by atoms with van der Waals surface area (Å²) < 4.78 is 0. The van der Waals surface area contributed by atoms with Crippen molar-refractivity contribution in [1.29, 1.82) is 0 Å². The third-order valence-electron chi connectivity index (χ3n) is 4.16. The molecule has 16 heavy (non-hydrogen) atoms. The first-order chi connectivity index (χ1) is 7.70. The topological polar surface area (TPSA) is 23.5 Å². The molecule has 0 aromatic carbocycles. The summed E-state index contributed by atoms with van der Waals surface area (Å²) in [6.07, 6.45) is 9.96. The van der Waals surface area contributed by atoms with E-state index >= 15 is 0 Å². The van der Waals surface area contributed by atoms with Crippen molar-refractivity contribution in [2.75, 3.05) is 7.05 Å². The molecule has 0 amide bonds. The lowest BCUT2D eigenvalue weighted by Gasteiger charge is -2.40. The Balaban J connectivity index is 2.51. The smallest absolute Gasteiger partial charge is 0.107 e. The van der Waals surface area contributed by atoms with Gasteiger partial charge in [0.15, 0.2) is 0 Å². The van der Waals surface area contributed by atoms with Crippen molar-refractivity contribution in [2.24, 2.45) is 5.92 Å². The first-order valence-electron chi connectivity index (χ1n) is 7.10. The number of rotatable bonds is 6. The van der Waals surface area contributed by atoms with Gasteiger partial charge in [-0.25, -0.2) is 0 Å². The Hall–Kier alpha value is -0.0800. The summed E-state index contributed by atoms with van der Waals surface area (Å²) in [6.45, 7) is 4.33. The van der Waals surface area contributed by atoms with E-state index in [4.69, 9.17) is 0 Å². The highest BCUT2D eigenvalue weighted by atomic mass is 16.3. The SMILES string of the molecule is CCCCC1CCCCC1N(C)C(O)CC. The van der Waals surface area contributed by atoms with Crippen LogP contribution >= 0.6 is 0 Å². The minimum atomic E-state index is -0.243. The predicted octanol–water partition coefficient (Wildman–Crippen LogP) is 3.40. The van der Waals surface area contributed by atoms with Gasteiger partial charge in [-0.2, -0.15) is 0 Å². The van der Waals surface area contributed by atoms with Crippen molar-refractivity contribution in [3.63, 3.8) is 0 Å². The minimum Gasteiger partial charge on any atom is -0.378 e. The lowest BCUT2D eigenvalue weighted by molar-refractivity contribution is -0.0363. The Morgan fingerprint density at radius 3 is 2.56 bits per heavy atom. The van der Waals surface area contributed by atoms with Crippen LogP contribution in [0.2, 0.25) is 0 Å². The molecule has 1 fully saturated rings. The molecule has 0 spiro atoms. The van der Waals surface area contributed by atoms with Crippen LogP contribution < -0.4 is 0 Å². The molecule has 0 heterocycles. The molecular formula is C14H29NO. The molecule has 0 radical (unpaired) electrons. The molecular weight excluding hydrogens is 198 g/mol. The van der Waals surface area contributed by atoms with E-state index in [0.717, 1.165) is 12.3 Å². The standard InChI is InChI=1S/C14H29NO/c1-4-6-9-12-10-7-8-11-13(12)15(3)14(16)5-2/h12-14,16H,4-11H2,1-3H3. The van der Waals surface area contributed by atoms with Crippen LogP contribution in [0.5, 0.6) is 0 Å². The summed E-state index contributed by atoms with van der Waals surface area (Å²) in [5.74, 6) is 0.819. The zero-order valence-corrected chi connectivity index (χ0v) is 11.3. The third-order valence-corrected chi connectivity index (χ3v) is 4.16. The van der Waals surface area contributed by atoms with E-state index < -0.39 is 0 Å². The van der Waals surface area contributed by atoms with E-state index in [1.807, 2.05) is 0 Å². The normalized spacial score (nSPS) is 28.3. The highest BCUT2D eigenvalue weighted by Gasteiger charge is 2.29. The fraction of sp³-hybridized carbons (Fsp3) is 1.00. The quantitative estimate of drug-likeness (QED) is 0.703. The number of aliphatic hydroxyl groups is 1. The Kier molecular flexibility index (Phi) is 6.37. The Morgan fingerprint density at radius 1 is 1.25 bits per heavy atom. The van der Waals surface area contributed by atoms with E-state index in [1.165, 1.54) is 44.9 Å². The number of aliphatic hydroxyl groups excluding tert-OH is 1. The molecule has 1 aliphatic carbocycles. The van der Waals surface area contributed by atoms with Crippen LogP contribution in [0.4, 0.5) is 0 Å². The lowest BCUT2D eigenvalue weighted by atomic mass is 9.80. The molecule has 96 valence electrons. The van der Waals surface area contributed by atoms with Gasteiger partial charge in [0.2, 0.25) is 0 Å². The van der Waals surface area contributed by atoms with E-state index in [2.05, 4.69) is 25.8 Å². The van der Waals surface area contributed by atoms with Gasteiger partial charge in [-0.15, -0.1) is 0 Å². The van der Waals surface area contributed by atoms with Gasteiger partial charge in [-0.05, 0) is 38.6 Å². The van der Waals surface area contributed by atoms with Crippen LogP contribution in [-0.2, 0) is 0 Å². The second kappa shape index (κ2) is 7.29. The van der Waals surface area contributed by atoms with Gasteiger partial charge >= 0.3 is 0 Å². The molecule has 0 bridgehead atoms. The van der Waals surface area contributed by atoms with E-state index in [-0.39, 0.29) is 6.23 Å². The van der Waals surface area contributed by atoms with Crippen molar-refractivity contribution in [3.8, 4) is 0 Å². The van der Waals surface area contributed by atoms with E-state index in [1.54, 1.807) is 0 Å². The fourth-order valence-electron chi connectivity index (χ4n) is 3.04. The Morgan fingerprint density at radius 2 is 1.94 bits per heavy atom. The van der Waals surface area contributed by atoms with Gasteiger partial charge in [-0.1, -0.05) is 39.5 Å². The van der Waals surface area contributed by atoms with E-state index in [9.17, 15) is 5.11 Å². The van der Waals surface area contributed by atoms with Gasteiger partial charge in [0.25, 0.3) is 0 Å². The maximum absolute atomic E-state index is 9.95. The minimum absolute atomic E-state index is 0.243. The van der Waals surface area contributed by atoms with Gasteiger partial charge < -0.3 is 5.11 Å². The average Bonchev–Trinajstić information content (AvgIpc) is 2.34. The molecule has 0 aromatic rings. The largest absolute Gasteiger partial charge is 0.378 e. The van der Waals surface area contributed by atoms with Crippen LogP contribution in [0.15, 0.2) is 0 Å². The number of unbranched alkanes of at least 4 members (excludes halogenated alkanes) is 1. The maximum Gasteiger partial charge on any atom is 0.107 e. The fourth-order valence-corrected chi connectivity index (χ4v) is 3.04. The maximum atomic E-state index is 9.95. The zero-order valence-electron chi connectivity index (χ0n) is 11.3. The van der Waals surface area contributed by atoms with Crippen molar-refractivity contribution in [1.82, 2.24) is 4.90 Å². The Labute approximate surface area is 101 Å². The first-order valence-corrected chi connectivity index (χ1v) is 7.10. The summed E-state index contributed by atoms with van der Waals surface area (Å²) >= 11 is 0. The monoisotopic (exact) mass is 227 g/mol. The number of hydrogen-bond acceptors (Lipinski definition) is 2. The molecule has 3 unspecified atom stereocenters. The van der Waals surface area contributed by atoms with Crippen LogP contribution in [0.3, 0.4) is 0 Å². The molecule has 1 rings (SSSR count). The van der Waals surface area contributed by atoms with Crippen LogP contribution in [0, 0.1) is 5.92 Å². The molecule has 2 heteroatoms. The van der Waals surface area contributed by atoms with Crippen LogP contribution in [0.1, 0.15) is 65.2 Å². The second-order valence-electron chi connectivity index (χ2n) is 5.31. The van der Waals surface area contributed by atoms with Crippen molar-refractivity contribution in [3.05, 3.63) is 0 Å². The number of nitrogens with zero attached hydrogens (tertiary/aromatic N) is 1. The summed E-state index contributed by atoms with van der Waals surface area (Å²) in [7, 11) is 2.10. The van der Waals surface area contributed by atoms with Crippen molar-refractivity contribution >= 4 is 0 Å². The van der Waals surface area contributed by atoms with Crippen LogP contribution in [0.25, 0.3) is 0 Å². The molecule has 2 nitrogen and oxygen atoms in total. The highest BCUT2D eigenvalue weighted by Crippen LogP contribution is 2.32. The predicted molar refractivity (Wildman–Crippen MR) is 69.3 cm³/mol. The average molecular weight is 227 g/mol. The van der Waals surface area contributed by atoms with Gasteiger partial charge in [-0.3, -0.25) is 4.90 Å². The zero-order chi connectivity index (χ0) is 12.0. The van der Waals surface area contributed by atoms with Gasteiger partial charge in [0, 0.05) is 6.04 Å². The van der Waals surface area contributed by atoms with Gasteiger partial charge in [0.05, 0.1) is 0 Å². The van der Waals surface area contributed by atoms with Crippen molar-refractivity contribution < 1.29 is 5.11 Å². The summed E-state index contributed by atoms with van der Waals surface area (Å²) in [5, 5.41) is 9.95. The number of hydrogen-bond donors (Lipinski definition) is 1. The van der Waals surface area contributed by atoms with E-state index in [0.29, 0.717) is 6.04 Å². The van der Waals surface area contributed by atoms with Gasteiger partial charge in [0.1, 0.15) is 6.23 Å². The molecule has 3 atom stereocenters. The molecule has 1 saturated carbocycles. The summed E-state index contributed by atoms with van der Waals surface area (Å²) in [4.78, 5) is 2.22. The summed E-state index contributed by atoms with van der Waals surface area (Å²) in [6, 6.07) is 0.621. The molecule has 1 N–H and O–H groups in total. The molecule has 0 aromatic heterocycles. The third kappa shape index (κ3) is 3.74. The highest BCUT2D eigenvalue weighted by molar-refractivity contribution is 4.82. The molecule has 1 aliphatic rings. The first kappa shape index (κ1) is 14.0.